The van der Waals surface area contributed by atoms with E-state index in [1.165, 1.54) is 28.6 Å². The van der Waals surface area contributed by atoms with Gasteiger partial charge in [0.2, 0.25) is 10.0 Å². The van der Waals surface area contributed by atoms with Gasteiger partial charge in [-0.15, -0.1) is 0 Å². The van der Waals surface area contributed by atoms with Crippen molar-refractivity contribution in [2.24, 2.45) is 0 Å². The molecule has 0 saturated carbocycles. The van der Waals surface area contributed by atoms with Crippen LogP contribution in [0.5, 0.6) is 0 Å². The highest BCUT2D eigenvalue weighted by Gasteiger charge is 2.31. The molecule has 0 spiro atoms. The standard InChI is InChI=1S/C17H16Cl2N2O4S/c18-12-9-13(19)11-14(10-12)20-5-7-21(8-6-20)26(24,25)16-4-2-1-3-15(16)17(22)23/h1-4,9-11H,5-8H2,(H,22,23). The molecule has 3 rings (SSSR count). The molecule has 9 heteroatoms. The third-order valence-electron chi connectivity index (χ3n) is 4.19. The van der Waals surface area contributed by atoms with E-state index in [0.717, 1.165) is 5.69 Å². The van der Waals surface area contributed by atoms with Gasteiger partial charge in [0.05, 0.1) is 10.5 Å². The van der Waals surface area contributed by atoms with E-state index in [2.05, 4.69) is 0 Å². The summed E-state index contributed by atoms with van der Waals surface area (Å²) in [6.07, 6.45) is 0. The van der Waals surface area contributed by atoms with E-state index in [-0.39, 0.29) is 23.5 Å². The Hall–Kier alpha value is -1.80. The lowest BCUT2D eigenvalue weighted by Gasteiger charge is -2.35. The fourth-order valence-corrected chi connectivity index (χ4v) is 5.04. The van der Waals surface area contributed by atoms with Gasteiger partial charge in [0.15, 0.2) is 0 Å². The highest BCUT2D eigenvalue weighted by atomic mass is 35.5. The number of hydrogen-bond donors (Lipinski definition) is 1. The fraction of sp³-hybridized carbons (Fsp3) is 0.235. The molecule has 0 bridgehead atoms. The highest BCUT2D eigenvalue weighted by molar-refractivity contribution is 7.89. The molecule has 0 radical (unpaired) electrons. The number of carbonyl (C=O) groups is 1. The molecule has 1 aliphatic rings. The Morgan fingerprint density at radius 2 is 1.54 bits per heavy atom. The molecular formula is C17H16Cl2N2O4S. The van der Waals surface area contributed by atoms with Crippen LogP contribution in [0.15, 0.2) is 47.4 Å². The van der Waals surface area contributed by atoms with Crippen LogP contribution in [-0.2, 0) is 10.0 Å². The molecule has 0 aromatic heterocycles. The summed E-state index contributed by atoms with van der Waals surface area (Å²) in [6.45, 7) is 1.37. The molecular weight excluding hydrogens is 399 g/mol. The maximum Gasteiger partial charge on any atom is 0.337 e. The van der Waals surface area contributed by atoms with Crippen LogP contribution in [0.4, 0.5) is 5.69 Å². The number of rotatable bonds is 4. The molecule has 26 heavy (non-hydrogen) atoms. The van der Waals surface area contributed by atoms with Crippen LogP contribution < -0.4 is 4.90 Å². The molecule has 1 fully saturated rings. The Kier molecular flexibility index (Phi) is 5.43. The van der Waals surface area contributed by atoms with Crippen molar-refractivity contribution < 1.29 is 18.3 Å². The lowest BCUT2D eigenvalue weighted by Crippen LogP contribution is -2.48. The van der Waals surface area contributed by atoms with Crippen molar-refractivity contribution in [3.05, 3.63) is 58.1 Å². The Bertz CT molecular complexity index is 921. The highest BCUT2D eigenvalue weighted by Crippen LogP contribution is 2.28. The van der Waals surface area contributed by atoms with Crippen LogP contribution in [0.25, 0.3) is 0 Å². The van der Waals surface area contributed by atoms with Gasteiger partial charge in [-0.2, -0.15) is 4.31 Å². The predicted octanol–water partition coefficient (Wildman–Crippen LogP) is 3.20. The average molecular weight is 415 g/mol. The van der Waals surface area contributed by atoms with Crippen LogP contribution in [0.2, 0.25) is 10.0 Å². The van der Waals surface area contributed by atoms with Crippen molar-refractivity contribution in [2.75, 3.05) is 31.1 Å². The average Bonchev–Trinajstić information content (AvgIpc) is 2.61. The van der Waals surface area contributed by atoms with Gasteiger partial charge in [0.1, 0.15) is 0 Å². The summed E-state index contributed by atoms with van der Waals surface area (Å²) in [5.74, 6) is -1.27. The lowest BCUT2D eigenvalue weighted by atomic mass is 10.2. The van der Waals surface area contributed by atoms with Gasteiger partial charge in [-0.25, -0.2) is 13.2 Å². The number of aromatic carboxylic acids is 1. The van der Waals surface area contributed by atoms with Crippen LogP contribution in [0.3, 0.4) is 0 Å². The second kappa shape index (κ2) is 7.44. The van der Waals surface area contributed by atoms with Crippen LogP contribution in [0.1, 0.15) is 10.4 Å². The van der Waals surface area contributed by atoms with Gasteiger partial charge < -0.3 is 10.0 Å². The third kappa shape index (κ3) is 3.81. The summed E-state index contributed by atoms with van der Waals surface area (Å²) in [6, 6.07) is 10.8. The minimum Gasteiger partial charge on any atom is -0.478 e. The monoisotopic (exact) mass is 414 g/mol. The van der Waals surface area contributed by atoms with E-state index in [0.29, 0.717) is 23.1 Å². The number of sulfonamides is 1. The summed E-state index contributed by atoms with van der Waals surface area (Å²) < 4.78 is 27.0. The van der Waals surface area contributed by atoms with Gasteiger partial charge in [-0.3, -0.25) is 0 Å². The third-order valence-corrected chi connectivity index (χ3v) is 6.58. The predicted molar refractivity (Wildman–Crippen MR) is 101 cm³/mol. The minimum atomic E-state index is -3.89. The first-order chi connectivity index (χ1) is 12.3. The number of anilines is 1. The molecule has 0 atom stereocenters. The van der Waals surface area contributed by atoms with Crippen molar-refractivity contribution in [1.29, 1.82) is 0 Å². The summed E-state index contributed by atoms with van der Waals surface area (Å²) in [4.78, 5) is 13.1. The first kappa shape index (κ1) is 19.0. The smallest absolute Gasteiger partial charge is 0.337 e. The Morgan fingerprint density at radius 1 is 0.962 bits per heavy atom. The molecule has 1 saturated heterocycles. The molecule has 0 unspecified atom stereocenters. The van der Waals surface area contributed by atoms with E-state index in [9.17, 15) is 18.3 Å². The normalized spacial score (nSPS) is 15.8. The lowest BCUT2D eigenvalue weighted by molar-refractivity contribution is 0.0692. The van der Waals surface area contributed by atoms with Crippen LogP contribution in [0, 0.1) is 0 Å². The second-order valence-electron chi connectivity index (χ2n) is 5.82. The molecule has 1 aliphatic heterocycles. The molecule has 138 valence electrons. The number of carboxylic acid groups (broad SMARTS) is 1. The molecule has 1 heterocycles. The Balaban J connectivity index is 1.80. The maximum atomic E-state index is 12.9. The molecule has 0 aliphatic carbocycles. The first-order valence-corrected chi connectivity index (χ1v) is 10.0. The quantitative estimate of drug-likeness (QED) is 0.830. The largest absolute Gasteiger partial charge is 0.478 e. The van der Waals surface area contributed by atoms with Gasteiger partial charge in [0.25, 0.3) is 0 Å². The summed E-state index contributed by atoms with van der Waals surface area (Å²) in [7, 11) is -3.89. The molecule has 6 nitrogen and oxygen atoms in total. The van der Waals surface area contributed by atoms with Gasteiger partial charge in [-0.05, 0) is 30.3 Å². The molecule has 2 aromatic carbocycles. The van der Waals surface area contributed by atoms with E-state index in [1.807, 2.05) is 4.90 Å². The number of halogens is 2. The first-order valence-electron chi connectivity index (χ1n) is 7.82. The Labute approximate surface area is 161 Å². The summed E-state index contributed by atoms with van der Waals surface area (Å²) in [5, 5.41) is 10.3. The van der Waals surface area contributed by atoms with Gasteiger partial charge >= 0.3 is 5.97 Å². The minimum absolute atomic E-state index is 0.188. The van der Waals surface area contributed by atoms with Crippen molar-refractivity contribution in [3.8, 4) is 0 Å². The Morgan fingerprint density at radius 3 is 2.12 bits per heavy atom. The topological polar surface area (TPSA) is 77.9 Å². The number of hydrogen-bond acceptors (Lipinski definition) is 4. The van der Waals surface area contributed by atoms with Gasteiger partial charge in [-0.1, -0.05) is 35.3 Å². The number of nitrogens with zero attached hydrogens (tertiary/aromatic N) is 2. The maximum absolute atomic E-state index is 12.9. The summed E-state index contributed by atoms with van der Waals surface area (Å²) in [5.41, 5.74) is 0.599. The second-order valence-corrected chi connectivity index (χ2v) is 8.60. The SMILES string of the molecule is O=C(O)c1ccccc1S(=O)(=O)N1CCN(c2cc(Cl)cc(Cl)c2)CC1. The van der Waals surface area contributed by atoms with Crippen LogP contribution in [-0.4, -0.2) is 50.0 Å². The molecule has 0 amide bonds. The van der Waals surface area contributed by atoms with E-state index >= 15 is 0 Å². The van der Waals surface area contributed by atoms with E-state index in [1.54, 1.807) is 18.2 Å². The van der Waals surface area contributed by atoms with E-state index in [4.69, 9.17) is 23.2 Å². The zero-order chi connectivity index (χ0) is 18.9. The zero-order valence-corrected chi connectivity index (χ0v) is 15.9. The zero-order valence-electron chi connectivity index (χ0n) is 13.6. The summed E-state index contributed by atoms with van der Waals surface area (Å²) >= 11 is 12.0. The molecule has 1 N–H and O–H groups in total. The van der Waals surface area contributed by atoms with Gasteiger partial charge in [0, 0.05) is 41.9 Å². The fourth-order valence-electron chi connectivity index (χ4n) is 2.92. The number of benzene rings is 2. The van der Waals surface area contributed by atoms with E-state index < -0.39 is 16.0 Å². The number of carboxylic acids is 1. The van der Waals surface area contributed by atoms with Crippen LogP contribution >= 0.6 is 23.2 Å². The van der Waals surface area contributed by atoms with Crippen molar-refractivity contribution in [2.45, 2.75) is 4.90 Å². The van der Waals surface area contributed by atoms with Crippen molar-refractivity contribution in [1.82, 2.24) is 4.31 Å². The van der Waals surface area contributed by atoms with Crippen molar-refractivity contribution >= 4 is 44.9 Å². The van der Waals surface area contributed by atoms with Crippen molar-refractivity contribution in [3.63, 3.8) is 0 Å². The number of piperazine rings is 1. The molecule has 2 aromatic rings.